The maximum absolute atomic E-state index is 11.5. The highest BCUT2D eigenvalue weighted by molar-refractivity contribution is 6.02. The van der Waals surface area contributed by atoms with Gasteiger partial charge in [-0.2, -0.15) is 0 Å². The molecule has 0 aliphatic heterocycles. The van der Waals surface area contributed by atoms with Gasteiger partial charge in [-0.3, -0.25) is 4.79 Å². The van der Waals surface area contributed by atoms with Crippen molar-refractivity contribution in [3.8, 4) is 0 Å². The van der Waals surface area contributed by atoms with Crippen molar-refractivity contribution >= 4 is 5.78 Å². The van der Waals surface area contributed by atoms with Gasteiger partial charge in [0.15, 0.2) is 5.78 Å². The lowest BCUT2D eigenvalue weighted by Gasteiger charge is -2.06. The first-order valence-corrected chi connectivity index (χ1v) is 4.49. The fourth-order valence-corrected chi connectivity index (χ4v) is 1.85. The summed E-state index contributed by atoms with van der Waals surface area (Å²) >= 11 is 0. The van der Waals surface area contributed by atoms with E-state index in [2.05, 4.69) is 6.08 Å². The standard InChI is InChI=1S/C11H12O2/c1-13-10-5-3-2-4-8-6-7-9(12)11(8)10/h2-3,5H,4,6-7H2,1H3. The molecule has 2 nitrogen and oxygen atoms in total. The van der Waals surface area contributed by atoms with Crippen molar-refractivity contribution in [3.63, 3.8) is 0 Å². The summed E-state index contributed by atoms with van der Waals surface area (Å²) < 4.78 is 5.19. The van der Waals surface area contributed by atoms with Crippen molar-refractivity contribution < 1.29 is 9.53 Å². The van der Waals surface area contributed by atoms with Crippen LogP contribution in [0, 0.1) is 0 Å². The van der Waals surface area contributed by atoms with E-state index in [0.717, 1.165) is 24.2 Å². The summed E-state index contributed by atoms with van der Waals surface area (Å²) in [7, 11) is 1.61. The lowest BCUT2D eigenvalue weighted by atomic mass is 10.1. The monoisotopic (exact) mass is 176 g/mol. The van der Waals surface area contributed by atoms with E-state index in [0.29, 0.717) is 6.42 Å². The van der Waals surface area contributed by atoms with Crippen molar-refractivity contribution in [1.82, 2.24) is 0 Å². The van der Waals surface area contributed by atoms with Crippen LogP contribution in [0.25, 0.3) is 0 Å². The van der Waals surface area contributed by atoms with Crippen LogP contribution in [0.5, 0.6) is 0 Å². The number of carbonyl (C=O) groups is 1. The number of hydrogen-bond acceptors (Lipinski definition) is 2. The highest BCUT2D eigenvalue weighted by atomic mass is 16.5. The Morgan fingerprint density at radius 2 is 2.23 bits per heavy atom. The maximum atomic E-state index is 11.5. The Kier molecular flexibility index (Phi) is 2.05. The summed E-state index contributed by atoms with van der Waals surface area (Å²) in [4.78, 5) is 11.5. The molecule has 2 heteroatoms. The Morgan fingerprint density at radius 1 is 1.38 bits per heavy atom. The molecule has 68 valence electrons. The van der Waals surface area contributed by atoms with Crippen LogP contribution in [-0.2, 0) is 9.53 Å². The van der Waals surface area contributed by atoms with Gasteiger partial charge >= 0.3 is 0 Å². The molecule has 0 aromatic carbocycles. The normalized spacial score (nSPS) is 21.3. The second-order valence-electron chi connectivity index (χ2n) is 3.27. The maximum Gasteiger partial charge on any atom is 0.166 e. The van der Waals surface area contributed by atoms with Gasteiger partial charge in [-0.25, -0.2) is 0 Å². The van der Waals surface area contributed by atoms with Crippen LogP contribution in [0.1, 0.15) is 19.3 Å². The highest BCUT2D eigenvalue weighted by Gasteiger charge is 2.26. The Hall–Kier alpha value is -1.31. The zero-order valence-electron chi connectivity index (χ0n) is 7.67. The van der Waals surface area contributed by atoms with Gasteiger partial charge in [0.2, 0.25) is 0 Å². The second-order valence-corrected chi connectivity index (χ2v) is 3.27. The first kappa shape index (κ1) is 8.30. The summed E-state index contributed by atoms with van der Waals surface area (Å²) in [5.41, 5.74) is 2.05. The van der Waals surface area contributed by atoms with Crippen LogP contribution >= 0.6 is 0 Å². The molecule has 0 saturated heterocycles. The topological polar surface area (TPSA) is 26.3 Å². The summed E-state index contributed by atoms with van der Waals surface area (Å²) in [6.45, 7) is 0. The molecule has 0 heterocycles. The quantitative estimate of drug-likeness (QED) is 0.611. The smallest absolute Gasteiger partial charge is 0.166 e. The minimum Gasteiger partial charge on any atom is -0.496 e. The van der Waals surface area contributed by atoms with Gasteiger partial charge < -0.3 is 4.74 Å². The molecular formula is C11H12O2. The van der Waals surface area contributed by atoms with Gasteiger partial charge in [0.1, 0.15) is 5.76 Å². The SMILES string of the molecule is COC1=CC=CCC2=C1C(=O)CC2. The molecule has 0 aromatic rings. The van der Waals surface area contributed by atoms with Gasteiger partial charge in [-0.05, 0) is 18.9 Å². The van der Waals surface area contributed by atoms with Crippen LogP contribution in [0.2, 0.25) is 0 Å². The van der Waals surface area contributed by atoms with Crippen molar-refractivity contribution in [3.05, 3.63) is 35.1 Å². The Balaban J connectivity index is 2.44. The number of Topliss-reactive ketones (excluding diaryl/α,β-unsaturated/α-hetero) is 1. The van der Waals surface area contributed by atoms with Gasteiger partial charge in [0.25, 0.3) is 0 Å². The molecule has 0 spiro atoms. The molecule has 0 amide bonds. The van der Waals surface area contributed by atoms with Crippen molar-refractivity contribution in [2.75, 3.05) is 7.11 Å². The van der Waals surface area contributed by atoms with E-state index in [1.54, 1.807) is 7.11 Å². The van der Waals surface area contributed by atoms with Crippen molar-refractivity contribution in [2.45, 2.75) is 19.3 Å². The number of ketones is 1. The number of rotatable bonds is 1. The molecule has 2 aliphatic carbocycles. The minimum absolute atomic E-state index is 0.229. The van der Waals surface area contributed by atoms with Crippen LogP contribution in [0.15, 0.2) is 35.1 Å². The summed E-state index contributed by atoms with van der Waals surface area (Å²) in [6.07, 6.45) is 8.33. The van der Waals surface area contributed by atoms with Crippen LogP contribution in [0.4, 0.5) is 0 Å². The van der Waals surface area contributed by atoms with E-state index in [4.69, 9.17) is 4.74 Å². The van der Waals surface area contributed by atoms with E-state index >= 15 is 0 Å². The molecule has 0 unspecified atom stereocenters. The van der Waals surface area contributed by atoms with E-state index < -0.39 is 0 Å². The third kappa shape index (κ3) is 1.32. The molecule has 0 fully saturated rings. The number of hydrogen-bond donors (Lipinski definition) is 0. The second kappa shape index (κ2) is 3.21. The van der Waals surface area contributed by atoms with Crippen LogP contribution in [0.3, 0.4) is 0 Å². The lowest BCUT2D eigenvalue weighted by Crippen LogP contribution is -2.01. The van der Waals surface area contributed by atoms with Gasteiger partial charge in [-0.15, -0.1) is 0 Å². The molecule has 13 heavy (non-hydrogen) atoms. The third-order valence-electron chi connectivity index (χ3n) is 2.50. The molecule has 0 atom stereocenters. The van der Waals surface area contributed by atoms with Gasteiger partial charge in [0.05, 0.1) is 12.7 Å². The molecule has 0 aromatic heterocycles. The molecule has 0 bridgehead atoms. The average Bonchev–Trinajstić information content (AvgIpc) is 2.39. The fraction of sp³-hybridized carbons (Fsp3) is 0.364. The fourth-order valence-electron chi connectivity index (χ4n) is 1.85. The first-order chi connectivity index (χ1) is 6.33. The highest BCUT2D eigenvalue weighted by Crippen LogP contribution is 2.32. The number of methoxy groups -OCH3 is 1. The molecular weight excluding hydrogens is 164 g/mol. The molecule has 0 saturated carbocycles. The van der Waals surface area contributed by atoms with Crippen LogP contribution in [-0.4, -0.2) is 12.9 Å². The lowest BCUT2D eigenvalue weighted by molar-refractivity contribution is -0.114. The molecule has 2 rings (SSSR count). The van der Waals surface area contributed by atoms with Gasteiger partial charge in [0, 0.05) is 6.42 Å². The number of allylic oxidation sites excluding steroid dienone is 5. The predicted octanol–water partition coefficient (Wildman–Crippen LogP) is 2.14. The average molecular weight is 176 g/mol. The number of ether oxygens (including phenoxy) is 1. The number of carbonyl (C=O) groups excluding carboxylic acids is 1. The van der Waals surface area contributed by atoms with E-state index in [1.165, 1.54) is 5.57 Å². The Morgan fingerprint density at radius 3 is 3.00 bits per heavy atom. The summed E-state index contributed by atoms with van der Waals surface area (Å²) in [5, 5.41) is 0. The van der Waals surface area contributed by atoms with Crippen LogP contribution < -0.4 is 0 Å². The largest absolute Gasteiger partial charge is 0.496 e. The zero-order chi connectivity index (χ0) is 9.26. The summed E-state index contributed by atoms with van der Waals surface area (Å²) in [6, 6.07) is 0. The zero-order valence-corrected chi connectivity index (χ0v) is 7.67. The Labute approximate surface area is 77.6 Å². The molecule has 0 radical (unpaired) electrons. The van der Waals surface area contributed by atoms with E-state index in [1.807, 2.05) is 12.2 Å². The van der Waals surface area contributed by atoms with E-state index in [-0.39, 0.29) is 5.78 Å². The molecule has 0 N–H and O–H groups in total. The van der Waals surface area contributed by atoms with Crippen molar-refractivity contribution in [1.29, 1.82) is 0 Å². The van der Waals surface area contributed by atoms with E-state index in [9.17, 15) is 4.79 Å². The summed E-state index contributed by atoms with van der Waals surface area (Å²) in [5.74, 6) is 0.957. The van der Waals surface area contributed by atoms with Crippen molar-refractivity contribution in [2.24, 2.45) is 0 Å². The third-order valence-corrected chi connectivity index (χ3v) is 2.50. The predicted molar refractivity (Wildman–Crippen MR) is 50.1 cm³/mol. The van der Waals surface area contributed by atoms with Gasteiger partial charge in [-0.1, -0.05) is 17.7 Å². The Bertz CT molecular complexity index is 332. The first-order valence-electron chi connectivity index (χ1n) is 4.49. The molecule has 2 aliphatic rings. The minimum atomic E-state index is 0.229.